The largest absolute Gasteiger partial charge is 0.475 e. The summed E-state index contributed by atoms with van der Waals surface area (Å²) in [5.41, 5.74) is 0.932. The van der Waals surface area contributed by atoms with Crippen LogP contribution in [-0.4, -0.2) is 69.4 Å². The minimum Gasteiger partial charge on any atom is -0.475 e. The number of hydrogen-bond donors (Lipinski definition) is 1. The summed E-state index contributed by atoms with van der Waals surface area (Å²) < 4.78 is 15.6. The van der Waals surface area contributed by atoms with Gasteiger partial charge in [0.05, 0.1) is 19.6 Å². The second-order valence-corrected chi connectivity index (χ2v) is 6.22. The van der Waals surface area contributed by atoms with E-state index in [-0.39, 0.29) is 17.8 Å². The third-order valence-electron chi connectivity index (χ3n) is 4.44. The molecule has 1 aliphatic heterocycles. The van der Waals surface area contributed by atoms with Crippen LogP contribution in [0.15, 0.2) is 23.3 Å². The molecule has 1 aromatic rings. The van der Waals surface area contributed by atoms with Crippen molar-refractivity contribution in [2.75, 3.05) is 47.6 Å². The molecule has 144 valence electrons. The van der Waals surface area contributed by atoms with Gasteiger partial charge >= 0.3 is 5.97 Å². The standard InChI is InChI=1S/C18H28N4O4/c1-13-11-22(12-15(13)17(23)25-4)18(19-2)21-10-14-6-5-7-20-16(14)26-9-8-24-3/h5-7,13,15H,8-12H2,1-4H3,(H,19,21). The monoisotopic (exact) mass is 364 g/mol. The molecule has 2 unspecified atom stereocenters. The van der Waals surface area contributed by atoms with Gasteiger partial charge in [0.25, 0.3) is 0 Å². The lowest BCUT2D eigenvalue weighted by molar-refractivity contribution is -0.145. The third-order valence-corrected chi connectivity index (χ3v) is 4.44. The fourth-order valence-corrected chi connectivity index (χ4v) is 3.01. The maximum absolute atomic E-state index is 11.9. The molecule has 0 saturated carbocycles. The highest BCUT2D eigenvalue weighted by molar-refractivity contribution is 5.82. The van der Waals surface area contributed by atoms with E-state index < -0.39 is 0 Å². The molecule has 26 heavy (non-hydrogen) atoms. The van der Waals surface area contributed by atoms with Crippen LogP contribution < -0.4 is 10.1 Å². The average Bonchev–Trinajstić information content (AvgIpc) is 3.04. The fourth-order valence-electron chi connectivity index (χ4n) is 3.01. The van der Waals surface area contributed by atoms with E-state index in [1.807, 2.05) is 12.1 Å². The van der Waals surface area contributed by atoms with Crippen molar-refractivity contribution in [3.05, 3.63) is 23.9 Å². The van der Waals surface area contributed by atoms with Crippen molar-refractivity contribution in [1.29, 1.82) is 0 Å². The second kappa shape index (κ2) is 9.96. The predicted octanol–water partition coefficient (Wildman–Crippen LogP) is 0.923. The zero-order valence-electron chi connectivity index (χ0n) is 15.9. The summed E-state index contributed by atoms with van der Waals surface area (Å²) in [5, 5.41) is 3.33. The van der Waals surface area contributed by atoms with Gasteiger partial charge in [-0.2, -0.15) is 0 Å². The van der Waals surface area contributed by atoms with Crippen LogP contribution in [0.2, 0.25) is 0 Å². The van der Waals surface area contributed by atoms with Gasteiger partial charge in [-0.3, -0.25) is 9.79 Å². The lowest BCUT2D eigenvalue weighted by atomic mass is 9.99. The first-order valence-corrected chi connectivity index (χ1v) is 8.69. The highest BCUT2D eigenvalue weighted by atomic mass is 16.5. The van der Waals surface area contributed by atoms with Crippen molar-refractivity contribution in [3.63, 3.8) is 0 Å². The summed E-state index contributed by atoms with van der Waals surface area (Å²) in [6, 6.07) is 3.83. The maximum Gasteiger partial charge on any atom is 0.310 e. The molecule has 2 heterocycles. The molecule has 0 amide bonds. The van der Waals surface area contributed by atoms with Crippen LogP contribution in [0.4, 0.5) is 0 Å². The molecule has 1 saturated heterocycles. The van der Waals surface area contributed by atoms with Crippen molar-refractivity contribution >= 4 is 11.9 Å². The van der Waals surface area contributed by atoms with Gasteiger partial charge in [0, 0.05) is 45.6 Å². The Labute approximate surface area is 154 Å². The van der Waals surface area contributed by atoms with E-state index in [0.29, 0.717) is 32.2 Å². The molecule has 8 heteroatoms. The summed E-state index contributed by atoms with van der Waals surface area (Å²) >= 11 is 0. The number of nitrogens with zero attached hydrogens (tertiary/aromatic N) is 3. The highest BCUT2D eigenvalue weighted by Crippen LogP contribution is 2.24. The van der Waals surface area contributed by atoms with E-state index in [4.69, 9.17) is 14.2 Å². The van der Waals surface area contributed by atoms with Gasteiger partial charge in [0.15, 0.2) is 5.96 Å². The number of aliphatic imine (C=N–C) groups is 1. The van der Waals surface area contributed by atoms with Gasteiger partial charge in [-0.1, -0.05) is 13.0 Å². The molecule has 8 nitrogen and oxygen atoms in total. The number of nitrogens with one attached hydrogen (secondary N) is 1. The van der Waals surface area contributed by atoms with Crippen LogP contribution >= 0.6 is 0 Å². The van der Waals surface area contributed by atoms with Crippen molar-refractivity contribution in [2.24, 2.45) is 16.8 Å². The molecule has 0 radical (unpaired) electrons. The Balaban J connectivity index is 1.97. The summed E-state index contributed by atoms with van der Waals surface area (Å²) in [6.07, 6.45) is 1.70. The molecular formula is C18H28N4O4. The quantitative estimate of drug-likeness (QED) is 0.333. The van der Waals surface area contributed by atoms with Gasteiger partial charge in [-0.15, -0.1) is 0 Å². The van der Waals surface area contributed by atoms with Crippen LogP contribution in [0.3, 0.4) is 0 Å². The first-order chi connectivity index (χ1) is 12.6. The number of methoxy groups -OCH3 is 2. The highest BCUT2D eigenvalue weighted by Gasteiger charge is 2.36. The van der Waals surface area contributed by atoms with Crippen LogP contribution in [0.5, 0.6) is 5.88 Å². The lowest BCUT2D eigenvalue weighted by Gasteiger charge is -2.22. The smallest absolute Gasteiger partial charge is 0.310 e. The first kappa shape index (κ1) is 20.0. The van der Waals surface area contributed by atoms with Gasteiger partial charge in [-0.25, -0.2) is 4.98 Å². The van der Waals surface area contributed by atoms with Crippen LogP contribution in [0, 0.1) is 11.8 Å². The Kier molecular flexibility index (Phi) is 7.65. The molecular weight excluding hydrogens is 336 g/mol. The number of guanidine groups is 1. The van der Waals surface area contributed by atoms with E-state index in [1.165, 1.54) is 7.11 Å². The molecule has 1 N–H and O–H groups in total. The van der Waals surface area contributed by atoms with E-state index >= 15 is 0 Å². The lowest BCUT2D eigenvalue weighted by Crippen LogP contribution is -2.40. The van der Waals surface area contributed by atoms with E-state index in [2.05, 4.69) is 27.1 Å². The number of hydrogen-bond acceptors (Lipinski definition) is 6. The van der Waals surface area contributed by atoms with E-state index in [1.54, 1.807) is 20.4 Å². The first-order valence-electron chi connectivity index (χ1n) is 8.69. The summed E-state index contributed by atoms with van der Waals surface area (Å²) in [7, 11) is 4.79. The van der Waals surface area contributed by atoms with Crippen molar-refractivity contribution in [3.8, 4) is 5.88 Å². The zero-order chi connectivity index (χ0) is 18.9. The van der Waals surface area contributed by atoms with Crippen LogP contribution in [-0.2, 0) is 20.8 Å². The number of esters is 1. The minimum atomic E-state index is -0.170. The molecule has 1 aromatic heterocycles. The van der Waals surface area contributed by atoms with Crippen LogP contribution in [0.1, 0.15) is 12.5 Å². The predicted molar refractivity (Wildman–Crippen MR) is 98.0 cm³/mol. The Morgan fingerprint density at radius 3 is 2.88 bits per heavy atom. The van der Waals surface area contributed by atoms with Gasteiger partial charge < -0.3 is 24.4 Å². The molecule has 0 bridgehead atoms. The topological polar surface area (TPSA) is 85.3 Å². The SMILES string of the molecule is CN=C(NCc1cccnc1OCCOC)N1CC(C)C(C(=O)OC)C1. The number of aromatic nitrogens is 1. The Hall–Kier alpha value is -2.35. The van der Waals surface area contributed by atoms with Crippen molar-refractivity contribution in [1.82, 2.24) is 15.2 Å². The third kappa shape index (κ3) is 5.08. The van der Waals surface area contributed by atoms with Crippen LogP contribution in [0.25, 0.3) is 0 Å². The molecule has 2 atom stereocenters. The average molecular weight is 364 g/mol. The number of carbonyl (C=O) groups is 1. The van der Waals surface area contributed by atoms with Gasteiger partial charge in [0.2, 0.25) is 5.88 Å². The Morgan fingerprint density at radius 2 is 2.19 bits per heavy atom. The summed E-state index contributed by atoms with van der Waals surface area (Å²) in [6.45, 7) is 4.88. The molecule has 0 aromatic carbocycles. The normalized spacial score (nSPS) is 20.2. The van der Waals surface area contributed by atoms with Gasteiger partial charge in [0.1, 0.15) is 6.61 Å². The molecule has 1 fully saturated rings. The van der Waals surface area contributed by atoms with Crippen molar-refractivity contribution < 1.29 is 19.0 Å². The van der Waals surface area contributed by atoms with E-state index in [0.717, 1.165) is 18.1 Å². The number of ether oxygens (including phenoxy) is 3. The van der Waals surface area contributed by atoms with Gasteiger partial charge in [-0.05, 0) is 12.0 Å². The maximum atomic E-state index is 11.9. The number of carbonyl (C=O) groups excluding carboxylic acids is 1. The minimum absolute atomic E-state index is 0.134. The second-order valence-electron chi connectivity index (χ2n) is 6.22. The van der Waals surface area contributed by atoms with E-state index in [9.17, 15) is 4.79 Å². The molecule has 2 rings (SSSR count). The number of rotatable bonds is 7. The molecule has 0 aliphatic carbocycles. The Morgan fingerprint density at radius 1 is 1.38 bits per heavy atom. The zero-order valence-corrected chi connectivity index (χ0v) is 15.9. The molecule has 0 spiro atoms. The van der Waals surface area contributed by atoms with Crippen molar-refractivity contribution in [2.45, 2.75) is 13.5 Å². The molecule has 1 aliphatic rings. The fraction of sp³-hybridized carbons (Fsp3) is 0.611. The number of likely N-dealkylation sites (tertiary alicyclic amines) is 1. The summed E-state index contributed by atoms with van der Waals surface area (Å²) in [5.74, 6) is 1.23. The Bertz CT molecular complexity index is 623. The summed E-state index contributed by atoms with van der Waals surface area (Å²) in [4.78, 5) is 22.6. The number of pyridine rings is 1.